The number of carbonyl (C=O) groups excluding carboxylic acids is 2. The number of amides is 2. The second-order valence-electron chi connectivity index (χ2n) is 7.80. The molecule has 1 aromatic rings. The van der Waals surface area contributed by atoms with E-state index < -0.39 is 0 Å². The first-order valence-electron chi connectivity index (χ1n) is 10.0. The molecular formula is C21H32ClN3O4. The van der Waals surface area contributed by atoms with Gasteiger partial charge in [0.05, 0.1) is 20.1 Å². The van der Waals surface area contributed by atoms with Crippen LogP contribution in [0.4, 0.5) is 0 Å². The van der Waals surface area contributed by atoms with Crippen molar-refractivity contribution in [1.82, 2.24) is 10.2 Å². The van der Waals surface area contributed by atoms with Gasteiger partial charge in [-0.25, -0.2) is 0 Å². The molecule has 7 nitrogen and oxygen atoms in total. The van der Waals surface area contributed by atoms with E-state index in [4.69, 9.17) is 15.2 Å². The van der Waals surface area contributed by atoms with E-state index >= 15 is 0 Å². The minimum absolute atomic E-state index is 0. The van der Waals surface area contributed by atoms with Crippen molar-refractivity contribution in [3.8, 4) is 11.5 Å². The largest absolute Gasteiger partial charge is 0.493 e. The minimum atomic E-state index is -0.256. The molecule has 0 bridgehead atoms. The van der Waals surface area contributed by atoms with E-state index in [1.807, 2.05) is 18.2 Å². The molecule has 0 spiro atoms. The Morgan fingerprint density at radius 1 is 1.17 bits per heavy atom. The zero-order chi connectivity index (χ0) is 20.1. The summed E-state index contributed by atoms with van der Waals surface area (Å²) in [6, 6.07) is 6.22. The SMILES string of the molecule is COc1ccc(CCN2CC(C(=O)NC3CCC(N)CC3)CC2=O)cc1OC.Cl. The van der Waals surface area contributed by atoms with E-state index in [-0.39, 0.29) is 42.2 Å². The standard InChI is InChI=1S/C21H31N3O4.ClH/c1-27-18-8-3-14(11-19(18)28-2)9-10-24-13-15(12-20(24)25)21(26)23-17-6-4-16(22)5-7-17;/h3,8,11,15-17H,4-7,9-10,12-13,22H2,1-2H3,(H,23,26);1H. The van der Waals surface area contributed by atoms with Crippen molar-refractivity contribution in [2.24, 2.45) is 11.7 Å². The molecule has 2 aliphatic rings. The van der Waals surface area contributed by atoms with Crippen molar-refractivity contribution < 1.29 is 19.1 Å². The zero-order valence-electron chi connectivity index (χ0n) is 17.2. The van der Waals surface area contributed by atoms with Crippen LogP contribution in [0.25, 0.3) is 0 Å². The van der Waals surface area contributed by atoms with Gasteiger partial charge in [0.15, 0.2) is 11.5 Å². The summed E-state index contributed by atoms with van der Waals surface area (Å²) < 4.78 is 10.6. The molecule has 0 radical (unpaired) electrons. The highest BCUT2D eigenvalue weighted by Crippen LogP contribution is 2.28. The smallest absolute Gasteiger partial charge is 0.225 e. The number of nitrogens with two attached hydrogens (primary N) is 1. The molecule has 0 aromatic heterocycles. The fourth-order valence-electron chi connectivity index (χ4n) is 4.05. The summed E-state index contributed by atoms with van der Waals surface area (Å²) in [5.74, 6) is 1.16. The number of ether oxygens (including phenoxy) is 2. The molecule has 1 unspecified atom stereocenters. The number of hydrogen-bond donors (Lipinski definition) is 2. The third-order valence-electron chi connectivity index (χ3n) is 5.82. The minimum Gasteiger partial charge on any atom is -0.493 e. The average Bonchev–Trinajstić information content (AvgIpc) is 3.08. The number of hydrogen-bond acceptors (Lipinski definition) is 5. The van der Waals surface area contributed by atoms with E-state index in [0.717, 1.165) is 31.2 Å². The van der Waals surface area contributed by atoms with Crippen LogP contribution in [0.2, 0.25) is 0 Å². The van der Waals surface area contributed by atoms with Crippen LogP contribution >= 0.6 is 12.4 Å². The van der Waals surface area contributed by atoms with Gasteiger partial charge < -0.3 is 25.4 Å². The fraction of sp³-hybridized carbons (Fsp3) is 0.619. The molecule has 1 aliphatic carbocycles. The second kappa shape index (κ2) is 10.7. The summed E-state index contributed by atoms with van der Waals surface area (Å²) in [5.41, 5.74) is 6.99. The van der Waals surface area contributed by atoms with Crippen LogP contribution in [0.1, 0.15) is 37.7 Å². The van der Waals surface area contributed by atoms with Crippen LogP contribution < -0.4 is 20.5 Å². The van der Waals surface area contributed by atoms with Gasteiger partial charge in [-0.05, 0) is 49.8 Å². The maximum Gasteiger partial charge on any atom is 0.225 e. The molecule has 29 heavy (non-hydrogen) atoms. The Labute approximate surface area is 178 Å². The fourth-order valence-corrected chi connectivity index (χ4v) is 4.05. The molecule has 1 aromatic carbocycles. The Morgan fingerprint density at radius 2 is 1.86 bits per heavy atom. The lowest BCUT2D eigenvalue weighted by Crippen LogP contribution is -2.43. The lowest BCUT2D eigenvalue weighted by atomic mass is 9.91. The third kappa shape index (κ3) is 6.00. The van der Waals surface area contributed by atoms with Gasteiger partial charge in [0.25, 0.3) is 0 Å². The molecule has 1 aliphatic heterocycles. The highest BCUT2D eigenvalue weighted by atomic mass is 35.5. The summed E-state index contributed by atoms with van der Waals surface area (Å²) >= 11 is 0. The van der Waals surface area contributed by atoms with Crippen molar-refractivity contribution in [2.45, 2.75) is 50.6 Å². The van der Waals surface area contributed by atoms with Crippen molar-refractivity contribution in [1.29, 1.82) is 0 Å². The Morgan fingerprint density at radius 3 is 2.52 bits per heavy atom. The van der Waals surface area contributed by atoms with Crippen LogP contribution in [0.5, 0.6) is 11.5 Å². The third-order valence-corrected chi connectivity index (χ3v) is 5.82. The predicted molar refractivity (Wildman–Crippen MR) is 114 cm³/mol. The van der Waals surface area contributed by atoms with Crippen molar-refractivity contribution in [3.63, 3.8) is 0 Å². The lowest BCUT2D eigenvalue weighted by Gasteiger charge is -2.27. The molecule has 2 fully saturated rings. The second-order valence-corrected chi connectivity index (χ2v) is 7.80. The van der Waals surface area contributed by atoms with E-state index in [9.17, 15) is 9.59 Å². The molecule has 3 N–H and O–H groups in total. The number of halogens is 1. The highest BCUT2D eigenvalue weighted by molar-refractivity contribution is 5.89. The number of carbonyl (C=O) groups is 2. The molecule has 1 heterocycles. The molecule has 8 heteroatoms. The normalized spacial score (nSPS) is 24.0. The van der Waals surface area contributed by atoms with Gasteiger partial charge >= 0.3 is 0 Å². The lowest BCUT2D eigenvalue weighted by molar-refractivity contribution is -0.129. The van der Waals surface area contributed by atoms with Gasteiger partial charge in [0.2, 0.25) is 11.8 Å². The summed E-state index contributed by atoms with van der Waals surface area (Å²) in [6.45, 7) is 1.08. The van der Waals surface area contributed by atoms with Gasteiger partial charge in [0, 0.05) is 31.6 Å². The number of rotatable bonds is 7. The quantitative estimate of drug-likeness (QED) is 0.695. The number of likely N-dealkylation sites (tertiary alicyclic amines) is 1. The first-order valence-corrected chi connectivity index (χ1v) is 10.0. The van der Waals surface area contributed by atoms with Gasteiger partial charge in [-0.15, -0.1) is 12.4 Å². The van der Waals surface area contributed by atoms with Crippen LogP contribution in [-0.2, 0) is 16.0 Å². The Hall–Kier alpha value is -1.99. The van der Waals surface area contributed by atoms with E-state index in [2.05, 4.69) is 5.32 Å². The van der Waals surface area contributed by atoms with E-state index in [1.165, 1.54) is 0 Å². The predicted octanol–water partition coefficient (Wildman–Crippen LogP) is 1.90. The number of nitrogens with one attached hydrogen (secondary N) is 1. The number of nitrogens with zero attached hydrogens (tertiary/aromatic N) is 1. The van der Waals surface area contributed by atoms with Crippen LogP contribution in [0.15, 0.2) is 18.2 Å². The van der Waals surface area contributed by atoms with Crippen molar-refractivity contribution >= 4 is 24.2 Å². The van der Waals surface area contributed by atoms with Crippen LogP contribution in [0.3, 0.4) is 0 Å². The zero-order valence-corrected chi connectivity index (χ0v) is 18.0. The Bertz CT molecular complexity index is 707. The van der Waals surface area contributed by atoms with Gasteiger partial charge in [0.1, 0.15) is 0 Å². The average molecular weight is 426 g/mol. The summed E-state index contributed by atoms with van der Waals surface area (Å²) in [6.07, 6.45) is 4.76. The van der Waals surface area contributed by atoms with Crippen LogP contribution in [0, 0.1) is 5.92 Å². The van der Waals surface area contributed by atoms with Gasteiger partial charge in [-0.3, -0.25) is 9.59 Å². The van der Waals surface area contributed by atoms with Gasteiger partial charge in [-0.2, -0.15) is 0 Å². The monoisotopic (exact) mass is 425 g/mol. The van der Waals surface area contributed by atoms with E-state index in [0.29, 0.717) is 37.4 Å². The number of methoxy groups -OCH3 is 2. The Balaban J connectivity index is 0.00000300. The molecule has 1 saturated carbocycles. The maximum atomic E-state index is 12.6. The Kier molecular flexibility index (Phi) is 8.59. The molecule has 2 amide bonds. The highest BCUT2D eigenvalue weighted by Gasteiger charge is 2.35. The molecule has 162 valence electrons. The van der Waals surface area contributed by atoms with Gasteiger partial charge in [-0.1, -0.05) is 6.07 Å². The summed E-state index contributed by atoms with van der Waals surface area (Å²) in [4.78, 5) is 26.7. The first-order chi connectivity index (χ1) is 13.5. The van der Waals surface area contributed by atoms with Crippen LogP contribution in [-0.4, -0.2) is 56.1 Å². The number of benzene rings is 1. The molecule has 3 rings (SSSR count). The maximum absolute atomic E-state index is 12.6. The topological polar surface area (TPSA) is 93.9 Å². The summed E-state index contributed by atoms with van der Waals surface area (Å²) in [7, 11) is 3.21. The van der Waals surface area contributed by atoms with Crippen molar-refractivity contribution in [2.75, 3.05) is 27.3 Å². The van der Waals surface area contributed by atoms with E-state index in [1.54, 1.807) is 19.1 Å². The summed E-state index contributed by atoms with van der Waals surface area (Å²) in [5, 5.41) is 3.12. The first kappa shape index (κ1) is 23.3. The van der Waals surface area contributed by atoms with Crippen molar-refractivity contribution in [3.05, 3.63) is 23.8 Å². The molecule has 1 saturated heterocycles. The molecule has 1 atom stereocenters. The molecular weight excluding hydrogens is 394 g/mol.